The normalized spacial score (nSPS) is 34.8. The number of likely N-dealkylation sites (N-methyl/N-ethyl adjacent to an activating group) is 1. The standard InChI is InChI=1S/C48H68N4O13/c1-13-36-48(10)40(51-45(57)64-48)29(6)37(53)27(4)24-47(9,65-46(58)59-22-14-15-32-16-18-33(19-17-32)34-25-49-20-21-50-34)41(63-44-38(54)35(52(11)12)23-28(5)60-44)30(7)39(31(8)43(56)61-36)62-42(55)26(2)3/h14-21,25-31,35-36,38-41,44,54H,13,22-24H2,1-12H3,(H,51,57)/t27-,28-,29+,30+,31-,35+,36-,38-,39+,40-,41-,44+,47-,48-/m1/s1. The summed E-state index contributed by atoms with van der Waals surface area (Å²) in [5, 5.41) is 14.5. The lowest BCUT2D eigenvalue weighted by Gasteiger charge is -2.48. The molecule has 0 radical (unpaired) electrons. The van der Waals surface area contributed by atoms with Crippen LogP contribution in [-0.2, 0) is 47.5 Å². The van der Waals surface area contributed by atoms with Crippen molar-refractivity contribution in [2.45, 2.75) is 149 Å². The summed E-state index contributed by atoms with van der Waals surface area (Å²) in [4.78, 5) is 79.8. The second kappa shape index (κ2) is 21.6. The third kappa shape index (κ3) is 11.9. The van der Waals surface area contributed by atoms with Crippen molar-refractivity contribution in [1.29, 1.82) is 0 Å². The fraction of sp³-hybridized carbons (Fsp3) is 0.646. The number of nitrogens with zero attached hydrogens (tertiary/aromatic N) is 3. The molecule has 0 spiro atoms. The van der Waals surface area contributed by atoms with Crippen LogP contribution in [0.15, 0.2) is 48.9 Å². The molecule has 1 aromatic carbocycles. The third-order valence-electron chi connectivity index (χ3n) is 13.1. The molecule has 1 amide bonds. The summed E-state index contributed by atoms with van der Waals surface area (Å²) in [6.45, 7) is 16.5. The molecule has 5 rings (SSSR count). The van der Waals surface area contributed by atoms with Crippen LogP contribution in [0.3, 0.4) is 0 Å². The number of esters is 2. The Bertz CT molecular complexity index is 2000. The summed E-state index contributed by atoms with van der Waals surface area (Å²) in [5.41, 5.74) is -0.840. The van der Waals surface area contributed by atoms with Crippen LogP contribution < -0.4 is 5.32 Å². The lowest BCUT2D eigenvalue weighted by molar-refractivity contribution is -0.300. The lowest BCUT2D eigenvalue weighted by Crippen LogP contribution is -2.61. The quantitative estimate of drug-likeness (QED) is 0.191. The average molecular weight is 909 g/mol. The Kier molecular flexibility index (Phi) is 16.9. The van der Waals surface area contributed by atoms with Crippen molar-refractivity contribution in [2.75, 3.05) is 20.7 Å². The Labute approximate surface area is 382 Å². The molecule has 3 fully saturated rings. The number of alkyl carbamates (subject to hydrolysis) is 1. The van der Waals surface area contributed by atoms with E-state index in [0.717, 1.165) is 16.8 Å². The second-order valence-corrected chi connectivity index (χ2v) is 18.7. The fourth-order valence-corrected chi connectivity index (χ4v) is 9.44. The van der Waals surface area contributed by atoms with Crippen LogP contribution >= 0.6 is 0 Å². The molecule has 65 heavy (non-hydrogen) atoms. The van der Waals surface area contributed by atoms with Gasteiger partial charge in [-0.2, -0.15) is 0 Å². The van der Waals surface area contributed by atoms with Gasteiger partial charge >= 0.3 is 24.2 Å². The molecule has 4 heterocycles. The van der Waals surface area contributed by atoms with Gasteiger partial charge in [-0.05, 0) is 72.7 Å². The molecule has 0 unspecified atom stereocenters. The molecule has 358 valence electrons. The first kappa shape index (κ1) is 51.0. The van der Waals surface area contributed by atoms with E-state index in [9.17, 15) is 29.1 Å². The summed E-state index contributed by atoms with van der Waals surface area (Å²) in [6.07, 6.45) is 0.427. The Morgan fingerprint density at radius 2 is 1.72 bits per heavy atom. The highest BCUT2D eigenvalue weighted by Gasteiger charge is 2.58. The molecule has 17 heteroatoms. The van der Waals surface area contributed by atoms with Crippen LogP contribution in [-0.4, -0.2) is 131 Å². The van der Waals surface area contributed by atoms with Crippen LogP contribution in [0, 0.1) is 29.6 Å². The lowest BCUT2D eigenvalue weighted by atomic mass is 9.73. The molecule has 3 aliphatic rings. The molecule has 0 aliphatic carbocycles. The molecule has 1 aromatic heterocycles. The summed E-state index contributed by atoms with van der Waals surface area (Å²) in [7, 11) is 3.66. The summed E-state index contributed by atoms with van der Waals surface area (Å²) < 4.78 is 43.1. The number of aliphatic hydroxyl groups excluding tert-OH is 1. The molecular formula is C48H68N4O13. The van der Waals surface area contributed by atoms with Gasteiger partial charge in [0.15, 0.2) is 11.9 Å². The Morgan fingerprint density at radius 3 is 2.34 bits per heavy atom. The van der Waals surface area contributed by atoms with E-state index >= 15 is 0 Å². The topological polar surface area (TPSA) is 211 Å². The number of rotatable bonds is 11. The number of aromatic nitrogens is 2. The molecule has 14 atom stereocenters. The zero-order valence-electron chi connectivity index (χ0n) is 39.7. The number of fused-ring (bicyclic) bond motifs is 1. The van der Waals surface area contributed by atoms with Gasteiger partial charge < -0.3 is 48.5 Å². The number of hydrogen-bond acceptors (Lipinski definition) is 16. The van der Waals surface area contributed by atoms with Crippen molar-refractivity contribution < 1.29 is 62.2 Å². The predicted molar refractivity (Wildman–Crippen MR) is 238 cm³/mol. The highest BCUT2D eigenvalue weighted by Crippen LogP contribution is 2.42. The van der Waals surface area contributed by atoms with Crippen LogP contribution in [0.2, 0.25) is 0 Å². The molecule has 2 N–H and O–H groups in total. The maximum atomic E-state index is 14.6. The Balaban J connectivity index is 1.56. The van der Waals surface area contributed by atoms with Gasteiger partial charge in [-0.25, -0.2) is 9.59 Å². The maximum absolute atomic E-state index is 14.6. The maximum Gasteiger partial charge on any atom is 0.509 e. The Morgan fingerprint density at radius 1 is 1.03 bits per heavy atom. The molecule has 17 nitrogen and oxygen atoms in total. The van der Waals surface area contributed by atoms with Gasteiger partial charge in [-0.1, -0.05) is 71.9 Å². The van der Waals surface area contributed by atoms with Gasteiger partial charge in [0.1, 0.15) is 42.4 Å². The third-order valence-corrected chi connectivity index (χ3v) is 13.1. The number of benzene rings is 1. The van der Waals surface area contributed by atoms with Crippen LogP contribution in [0.1, 0.15) is 94.1 Å². The summed E-state index contributed by atoms with van der Waals surface area (Å²) in [6, 6.07) is 6.23. The highest BCUT2D eigenvalue weighted by atomic mass is 16.8. The number of aliphatic hydroxyl groups is 1. The minimum atomic E-state index is -1.80. The number of ketones is 1. The average Bonchev–Trinajstić information content (AvgIpc) is 3.58. The molecule has 0 bridgehead atoms. The van der Waals surface area contributed by atoms with E-state index in [-0.39, 0.29) is 31.3 Å². The second-order valence-electron chi connectivity index (χ2n) is 18.7. The number of nitrogens with one attached hydrogen (secondary N) is 1. The van der Waals surface area contributed by atoms with E-state index in [0.29, 0.717) is 6.42 Å². The number of Topliss-reactive ketones (excluding diaryl/α,β-unsaturated/α-hetero) is 1. The Hall–Kier alpha value is -4.97. The molecular weight excluding hydrogens is 841 g/mol. The molecule has 3 aliphatic heterocycles. The van der Waals surface area contributed by atoms with Crippen LogP contribution in [0.4, 0.5) is 9.59 Å². The molecule has 2 aromatic rings. The highest BCUT2D eigenvalue weighted by molar-refractivity contribution is 5.85. The van der Waals surface area contributed by atoms with E-state index in [1.165, 1.54) is 0 Å². The van der Waals surface area contributed by atoms with E-state index in [1.54, 1.807) is 93.1 Å². The van der Waals surface area contributed by atoms with Crippen molar-refractivity contribution in [1.82, 2.24) is 20.2 Å². The number of amides is 1. The smallest absolute Gasteiger partial charge is 0.461 e. The first-order valence-corrected chi connectivity index (χ1v) is 22.6. The van der Waals surface area contributed by atoms with Crippen molar-refractivity contribution in [2.24, 2.45) is 29.6 Å². The fourth-order valence-electron chi connectivity index (χ4n) is 9.44. The van der Waals surface area contributed by atoms with Crippen molar-refractivity contribution in [3.8, 4) is 11.3 Å². The SMILES string of the molecule is CC[C@H]1OC(=O)[C@H](C)[C@@H](OC(=O)C(C)C)[C@H](C)[C@@H](O[C@@H]2O[C@H](C)C[C@H](N(C)C)[C@H]2O)[C@](C)(OC(=O)OCC=Cc2ccc(-c3cnccn3)cc2)C[C@@H](C)C(=O)[C@H](C)[C@H]2NC(=O)O[C@@]21C. The van der Waals surface area contributed by atoms with E-state index in [2.05, 4.69) is 15.3 Å². The number of cyclic esters (lactones) is 1. The zero-order chi connectivity index (χ0) is 48.0. The van der Waals surface area contributed by atoms with Gasteiger partial charge in [0.25, 0.3) is 0 Å². The largest absolute Gasteiger partial charge is 0.509 e. The first-order valence-electron chi connectivity index (χ1n) is 22.6. The number of carbonyl (C=O) groups is 5. The summed E-state index contributed by atoms with van der Waals surface area (Å²) in [5.74, 6) is -6.27. The molecule has 0 saturated carbocycles. The monoisotopic (exact) mass is 908 g/mol. The van der Waals surface area contributed by atoms with Crippen LogP contribution in [0.5, 0.6) is 0 Å². The minimum absolute atomic E-state index is 0.178. The molecule has 3 saturated heterocycles. The van der Waals surface area contributed by atoms with Crippen molar-refractivity contribution in [3.05, 3.63) is 54.5 Å². The minimum Gasteiger partial charge on any atom is -0.461 e. The van der Waals surface area contributed by atoms with E-state index < -0.39 is 108 Å². The van der Waals surface area contributed by atoms with Crippen molar-refractivity contribution >= 4 is 36.0 Å². The first-order chi connectivity index (χ1) is 30.6. The number of ether oxygens (including phenoxy) is 7. The number of carbonyl (C=O) groups excluding carboxylic acids is 5. The van der Waals surface area contributed by atoms with Crippen molar-refractivity contribution in [3.63, 3.8) is 0 Å². The number of hydrogen-bond donors (Lipinski definition) is 2. The van der Waals surface area contributed by atoms with Crippen LogP contribution in [0.25, 0.3) is 17.3 Å². The van der Waals surface area contributed by atoms with Gasteiger partial charge in [-0.15, -0.1) is 0 Å². The van der Waals surface area contributed by atoms with E-state index in [4.69, 9.17) is 33.2 Å². The van der Waals surface area contributed by atoms with Gasteiger partial charge in [0.2, 0.25) is 0 Å². The van der Waals surface area contributed by atoms with Gasteiger partial charge in [0, 0.05) is 41.8 Å². The predicted octanol–water partition coefficient (Wildman–Crippen LogP) is 6.15. The summed E-state index contributed by atoms with van der Waals surface area (Å²) >= 11 is 0. The zero-order valence-corrected chi connectivity index (χ0v) is 39.7. The van der Waals surface area contributed by atoms with E-state index in [1.807, 2.05) is 50.2 Å². The van der Waals surface area contributed by atoms with Gasteiger partial charge in [0.05, 0.1) is 35.9 Å². The van der Waals surface area contributed by atoms with Gasteiger partial charge in [-0.3, -0.25) is 24.4 Å².